The number of hydrogen-bond acceptors (Lipinski definition) is 5. The van der Waals surface area contributed by atoms with Crippen LogP contribution >= 0.6 is 0 Å². The van der Waals surface area contributed by atoms with Gasteiger partial charge < -0.3 is 19.2 Å². The first-order valence-corrected chi connectivity index (χ1v) is 13.1. The molecule has 1 N–H and O–H groups in total. The lowest BCUT2D eigenvalue weighted by Crippen LogP contribution is -2.78. The molecule has 4 aliphatic rings. The Hall–Kier alpha value is -1.37. The summed E-state index contributed by atoms with van der Waals surface area (Å²) in [4.78, 5) is 15.4. The van der Waals surface area contributed by atoms with Crippen molar-refractivity contribution in [3.63, 3.8) is 0 Å². The summed E-state index contributed by atoms with van der Waals surface area (Å²) in [7, 11) is 0.299. The van der Waals surface area contributed by atoms with Crippen molar-refractivity contribution >= 4 is 14.1 Å². The first-order valence-electron chi connectivity index (χ1n) is 9.65. The number of ketones is 1. The average Bonchev–Trinajstić information content (AvgIpc) is 2.91. The molecular weight excluding hydrogens is 346 g/mol. The number of benzene rings is 1. The highest BCUT2D eigenvalue weighted by molar-refractivity contribution is 6.69. The van der Waals surface area contributed by atoms with E-state index >= 15 is 0 Å². The molecule has 1 aromatic rings. The van der Waals surface area contributed by atoms with E-state index in [4.69, 9.17) is 9.16 Å². The van der Waals surface area contributed by atoms with Gasteiger partial charge >= 0.3 is 0 Å². The molecule has 4 atom stereocenters. The molecule has 1 spiro atoms. The Morgan fingerprint density at radius 2 is 2.08 bits per heavy atom. The van der Waals surface area contributed by atoms with Crippen LogP contribution in [0.25, 0.3) is 0 Å². The minimum Gasteiger partial charge on any atom is -0.504 e. The van der Waals surface area contributed by atoms with Gasteiger partial charge in [0.05, 0.1) is 11.0 Å². The van der Waals surface area contributed by atoms with Gasteiger partial charge in [0.1, 0.15) is 0 Å². The molecule has 1 saturated carbocycles. The number of carbonyl (C=O) groups is 1. The predicted molar refractivity (Wildman–Crippen MR) is 100 cm³/mol. The Morgan fingerprint density at radius 1 is 1.31 bits per heavy atom. The van der Waals surface area contributed by atoms with E-state index in [1.165, 1.54) is 5.56 Å². The first-order chi connectivity index (χ1) is 12.2. The Labute approximate surface area is 155 Å². The molecule has 5 rings (SSSR count). The number of likely N-dealkylation sites (tertiary alicyclic amines) is 1. The molecule has 2 aliphatic carbocycles. The maximum absolute atomic E-state index is 13.0. The second kappa shape index (κ2) is 4.91. The first kappa shape index (κ1) is 16.8. The van der Waals surface area contributed by atoms with Crippen molar-refractivity contribution in [3.05, 3.63) is 23.3 Å². The minimum absolute atomic E-state index is 0.152. The van der Waals surface area contributed by atoms with E-state index in [0.717, 1.165) is 31.4 Å². The molecule has 1 aromatic carbocycles. The van der Waals surface area contributed by atoms with Crippen molar-refractivity contribution in [3.8, 4) is 11.5 Å². The summed E-state index contributed by atoms with van der Waals surface area (Å²) in [5.74, 6) is 0.848. The molecule has 140 valence electrons. The fourth-order valence-electron chi connectivity index (χ4n) is 6.26. The molecule has 2 fully saturated rings. The van der Waals surface area contributed by atoms with Gasteiger partial charge in [0, 0.05) is 18.0 Å². The van der Waals surface area contributed by atoms with Gasteiger partial charge in [0.25, 0.3) is 0 Å². The van der Waals surface area contributed by atoms with Gasteiger partial charge in [-0.25, -0.2) is 0 Å². The molecule has 2 heterocycles. The van der Waals surface area contributed by atoms with Crippen LogP contribution in [0.5, 0.6) is 11.5 Å². The Morgan fingerprint density at radius 3 is 2.81 bits per heavy atom. The van der Waals surface area contributed by atoms with Crippen molar-refractivity contribution in [2.75, 3.05) is 13.6 Å². The third-order valence-electron chi connectivity index (χ3n) is 6.97. The third kappa shape index (κ3) is 1.80. The van der Waals surface area contributed by atoms with E-state index in [9.17, 15) is 9.90 Å². The van der Waals surface area contributed by atoms with Crippen molar-refractivity contribution < 1.29 is 19.1 Å². The van der Waals surface area contributed by atoms with Crippen LogP contribution in [-0.2, 0) is 21.1 Å². The van der Waals surface area contributed by atoms with Crippen LogP contribution in [0.3, 0.4) is 0 Å². The number of carbonyl (C=O) groups excluding carboxylic acids is 1. The van der Waals surface area contributed by atoms with Gasteiger partial charge in [0.15, 0.2) is 31.7 Å². The molecule has 0 aromatic heterocycles. The van der Waals surface area contributed by atoms with Gasteiger partial charge in [-0.3, -0.25) is 4.79 Å². The minimum atomic E-state index is -1.88. The SMILES string of the molecule is CN1CC[C@]23c4c5ccc(O)c4O[C@H]2C(=O)CC[C@@]3(O[Si](C)(C)C)[C@H]1C5. The smallest absolute Gasteiger partial charge is 0.184 e. The van der Waals surface area contributed by atoms with Gasteiger partial charge in [-0.2, -0.15) is 0 Å². The van der Waals surface area contributed by atoms with Crippen LogP contribution in [-0.4, -0.2) is 55.4 Å². The zero-order valence-electron chi connectivity index (χ0n) is 16.0. The molecule has 2 bridgehead atoms. The standard InChI is InChI=1S/C20H27NO4Si/c1-21-10-9-19-16-12-5-6-13(22)17(16)24-18(19)14(23)7-8-20(19,15(21)11-12)25-26(2,3)4/h5-6,15,18,22H,7-11H2,1-4H3/t15-,18+,19+,20-/m1/s1. The summed E-state index contributed by atoms with van der Waals surface area (Å²) in [6.45, 7) is 7.61. The number of Topliss-reactive ketones (excluding diaryl/α,β-unsaturated/α-hetero) is 1. The normalized spacial score (nSPS) is 38.1. The summed E-state index contributed by atoms with van der Waals surface area (Å²) >= 11 is 0. The van der Waals surface area contributed by atoms with Crippen LogP contribution in [0.4, 0.5) is 0 Å². The highest BCUT2D eigenvalue weighted by atomic mass is 28.4. The van der Waals surface area contributed by atoms with Gasteiger partial charge in [-0.05, 0) is 64.1 Å². The number of piperidine rings is 1. The van der Waals surface area contributed by atoms with E-state index < -0.39 is 25.4 Å². The molecule has 26 heavy (non-hydrogen) atoms. The number of nitrogens with zero attached hydrogens (tertiary/aromatic N) is 1. The van der Waals surface area contributed by atoms with Crippen molar-refractivity contribution in [1.82, 2.24) is 4.90 Å². The number of hydrogen-bond donors (Lipinski definition) is 1. The number of rotatable bonds is 2. The summed E-state index contributed by atoms with van der Waals surface area (Å²) < 4.78 is 13.2. The summed E-state index contributed by atoms with van der Waals surface area (Å²) in [5.41, 5.74) is 1.41. The zero-order valence-corrected chi connectivity index (χ0v) is 17.0. The molecule has 6 heteroatoms. The molecule has 5 nitrogen and oxygen atoms in total. The fraction of sp³-hybridized carbons (Fsp3) is 0.650. The monoisotopic (exact) mass is 373 g/mol. The van der Waals surface area contributed by atoms with E-state index in [-0.39, 0.29) is 17.6 Å². The van der Waals surface area contributed by atoms with E-state index in [2.05, 4.69) is 31.6 Å². The van der Waals surface area contributed by atoms with Crippen LogP contribution in [0.2, 0.25) is 19.6 Å². The molecule has 0 unspecified atom stereocenters. The Bertz CT molecular complexity index is 819. The lowest BCUT2D eigenvalue weighted by molar-refractivity contribution is -0.177. The number of phenolic OH excluding ortho intramolecular Hbond substituents is 1. The second-order valence-electron chi connectivity index (χ2n) is 9.44. The number of aromatic hydroxyl groups is 1. The van der Waals surface area contributed by atoms with Crippen LogP contribution < -0.4 is 4.74 Å². The quantitative estimate of drug-likeness (QED) is 0.808. The maximum Gasteiger partial charge on any atom is 0.184 e. The molecule has 0 amide bonds. The van der Waals surface area contributed by atoms with Gasteiger partial charge in [-0.15, -0.1) is 0 Å². The fourth-order valence-corrected chi connectivity index (χ4v) is 7.77. The van der Waals surface area contributed by atoms with Crippen molar-refractivity contribution in [1.29, 1.82) is 0 Å². The summed E-state index contributed by atoms with van der Waals surface area (Å²) in [5, 5.41) is 10.5. The molecule has 0 radical (unpaired) electrons. The number of likely N-dealkylation sites (N-methyl/N-ethyl adjacent to an activating group) is 1. The van der Waals surface area contributed by atoms with Crippen LogP contribution in [0.1, 0.15) is 30.4 Å². The van der Waals surface area contributed by atoms with Crippen molar-refractivity contribution in [2.45, 2.75) is 68.5 Å². The third-order valence-corrected chi connectivity index (χ3v) is 7.95. The predicted octanol–water partition coefficient (Wildman–Crippen LogP) is 2.60. The topological polar surface area (TPSA) is 59.0 Å². The van der Waals surface area contributed by atoms with E-state index in [1.54, 1.807) is 6.07 Å². The van der Waals surface area contributed by atoms with Crippen LogP contribution in [0, 0.1) is 0 Å². The molecule has 1 saturated heterocycles. The van der Waals surface area contributed by atoms with Gasteiger partial charge in [0.2, 0.25) is 0 Å². The number of ether oxygens (including phenoxy) is 1. The Balaban J connectivity index is 1.84. The number of phenols is 1. The average molecular weight is 374 g/mol. The lowest BCUT2D eigenvalue weighted by atomic mass is 9.49. The summed E-state index contributed by atoms with van der Waals surface area (Å²) in [6, 6.07) is 3.98. The zero-order chi connectivity index (χ0) is 18.5. The molecular formula is C20H27NO4Si. The van der Waals surface area contributed by atoms with Crippen LogP contribution in [0.15, 0.2) is 12.1 Å². The van der Waals surface area contributed by atoms with E-state index in [0.29, 0.717) is 12.2 Å². The summed E-state index contributed by atoms with van der Waals surface area (Å²) in [6.07, 6.45) is 2.44. The maximum atomic E-state index is 13.0. The molecule has 2 aliphatic heterocycles. The van der Waals surface area contributed by atoms with Gasteiger partial charge in [-0.1, -0.05) is 6.07 Å². The van der Waals surface area contributed by atoms with E-state index in [1.807, 2.05) is 6.07 Å². The lowest BCUT2D eigenvalue weighted by Gasteiger charge is -2.65. The highest BCUT2D eigenvalue weighted by Gasteiger charge is 2.74. The largest absolute Gasteiger partial charge is 0.504 e. The van der Waals surface area contributed by atoms with Crippen molar-refractivity contribution in [2.24, 2.45) is 0 Å². The second-order valence-corrected chi connectivity index (χ2v) is 13.9. The highest BCUT2D eigenvalue weighted by Crippen LogP contribution is 2.66. The Kier molecular flexibility index (Phi) is 3.17.